The third-order valence-electron chi connectivity index (χ3n) is 2.98. The van der Waals surface area contributed by atoms with E-state index in [9.17, 15) is 0 Å². The van der Waals surface area contributed by atoms with Crippen LogP contribution >= 0.6 is 27.5 Å². The van der Waals surface area contributed by atoms with E-state index < -0.39 is 0 Å². The zero-order valence-corrected chi connectivity index (χ0v) is 11.6. The zero-order chi connectivity index (χ0) is 11.4. The van der Waals surface area contributed by atoms with E-state index >= 15 is 0 Å². The van der Waals surface area contributed by atoms with Crippen LogP contribution in [0.4, 0.5) is 0 Å². The summed E-state index contributed by atoms with van der Waals surface area (Å²) >= 11 is 9.38. The largest absolute Gasteiger partial charge is 0.313 e. The molecule has 0 spiro atoms. The van der Waals surface area contributed by atoms with Crippen molar-refractivity contribution in [3.05, 3.63) is 33.3 Å². The molecule has 1 aliphatic rings. The third kappa shape index (κ3) is 4.08. The highest BCUT2D eigenvalue weighted by molar-refractivity contribution is 9.10. The number of hydrogen-bond acceptors (Lipinski definition) is 1. The van der Waals surface area contributed by atoms with Crippen LogP contribution in [0.5, 0.6) is 0 Å². The molecule has 0 saturated heterocycles. The normalized spacial score (nSPS) is 15.4. The summed E-state index contributed by atoms with van der Waals surface area (Å²) in [5, 5.41) is 4.24. The lowest BCUT2D eigenvalue weighted by Gasteiger charge is -2.05. The monoisotopic (exact) mass is 301 g/mol. The quantitative estimate of drug-likeness (QED) is 0.769. The highest BCUT2D eigenvalue weighted by Crippen LogP contribution is 2.33. The highest BCUT2D eigenvalue weighted by Gasteiger charge is 2.19. The van der Waals surface area contributed by atoms with Crippen LogP contribution in [0.3, 0.4) is 0 Å². The molecule has 3 heteroatoms. The van der Waals surface area contributed by atoms with Gasteiger partial charge in [0.05, 0.1) is 5.02 Å². The van der Waals surface area contributed by atoms with Gasteiger partial charge >= 0.3 is 0 Å². The van der Waals surface area contributed by atoms with Crippen LogP contribution in [0.25, 0.3) is 0 Å². The van der Waals surface area contributed by atoms with E-state index in [-0.39, 0.29) is 0 Å². The number of benzene rings is 1. The van der Waals surface area contributed by atoms with Crippen LogP contribution < -0.4 is 5.32 Å². The molecule has 0 heterocycles. The summed E-state index contributed by atoms with van der Waals surface area (Å²) in [5.74, 6) is 1.05. The molecule has 0 radical (unpaired) electrons. The second-order valence-electron chi connectivity index (χ2n) is 4.51. The number of nitrogens with one attached hydrogen (secondary N) is 1. The van der Waals surface area contributed by atoms with Crippen LogP contribution in [0.15, 0.2) is 22.7 Å². The van der Waals surface area contributed by atoms with Crippen LogP contribution in [0.1, 0.15) is 31.2 Å². The van der Waals surface area contributed by atoms with Crippen molar-refractivity contribution >= 4 is 27.5 Å². The first kappa shape index (κ1) is 12.4. The van der Waals surface area contributed by atoms with E-state index in [1.54, 1.807) is 0 Å². The van der Waals surface area contributed by atoms with Crippen molar-refractivity contribution in [3.8, 4) is 0 Å². The Morgan fingerprint density at radius 2 is 2.19 bits per heavy atom. The first-order chi connectivity index (χ1) is 7.75. The molecule has 0 bridgehead atoms. The second kappa shape index (κ2) is 6.04. The van der Waals surface area contributed by atoms with Gasteiger partial charge in [-0.3, -0.25) is 0 Å². The summed E-state index contributed by atoms with van der Waals surface area (Å²) in [6.07, 6.45) is 5.63. The molecule has 0 aliphatic heterocycles. The molecule has 0 aromatic heterocycles. The molecule has 0 atom stereocenters. The van der Waals surface area contributed by atoms with E-state index in [1.807, 2.05) is 6.07 Å². The maximum Gasteiger partial charge on any atom is 0.0548 e. The number of hydrogen-bond donors (Lipinski definition) is 1. The van der Waals surface area contributed by atoms with E-state index in [1.165, 1.54) is 31.2 Å². The summed E-state index contributed by atoms with van der Waals surface area (Å²) < 4.78 is 0.978. The minimum atomic E-state index is 0.775. The van der Waals surface area contributed by atoms with Crippen LogP contribution in [-0.2, 0) is 6.54 Å². The average Bonchev–Trinajstić information content (AvgIpc) is 3.07. The molecular weight excluding hydrogens is 286 g/mol. The van der Waals surface area contributed by atoms with Crippen LogP contribution in [0, 0.1) is 5.92 Å². The molecule has 1 N–H and O–H groups in total. The fourth-order valence-electron chi connectivity index (χ4n) is 1.80. The Bertz CT molecular complexity index is 350. The Morgan fingerprint density at radius 1 is 1.38 bits per heavy atom. The first-order valence-corrected chi connectivity index (χ1v) is 7.07. The van der Waals surface area contributed by atoms with Crippen molar-refractivity contribution in [1.82, 2.24) is 5.32 Å². The summed E-state index contributed by atoms with van der Waals surface area (Å²) in [5.41, 5.74) is 1.28. The lowest BCUT2D eigenvalue weighted by molar-refractivity contribution is 0.594. The van der Waals surface area contributed by atoms with Gasteiger partial charge < -0.3 is 5.32 Å². The summed E-state index contributed by atoms with van der Waals surface area (Å²) in [6, 6.07) is 6.09. The van der Waals surface area contributed by atoms with Crippen molar-refractivity contribution in [3.63, 3.8) is 0 Å². The standard InChI is InChI=1S/C13H17BrClN/c14-12-8-11(5-6-13(12)15)9-16-7-1-2-10-3-4-10/h5-6,8,10,16H,1-4,7,9H2. The fraction of sp³-hybridized carbons (Fsp3) is 0.538. The highest BCUT2D eigenvalue weighted by atomic mass is 79.9. The van der Waals surface area contributed by atoms with Gasteiger partial charge in [-0.25, -0.2) is 0 Å². The SMILES string of the molecule is Clc1ccc(CNCCCC2CC2)cc1Br. The van der Waals surface area contributed by atoms with Gasteiger partial charge in [0.25, 0.3) is 0 Å². The van der Waals surface area contributed by atoms with Gasteiger partial charge in [-0.2, -0.15) is 0 Å². The molecule has 1 aromatic carbocycles. The molecule has 1 fully saturated rings. The zero-order valence-electron chi connectivity index (χ0n) is 9.31. The Labute approximate surface area is 111 Å². The Balaban J connectivity index is 1.65. The third-order valence-corrected chi connectivity index (χ3v) is 4.19. The summed E-state index contributed by atoms with van der Waals surface area (Å²) in [4.78, 5) is 0. The predicted octanol–water partition coefficient (Wildman–Crippen LogP) is 4.38. The molecule has 0 amide bonds. The molecule has 88 valence electrons. The first-order valence-electron chi connectivity index (χ1n) is 5.90. The van der Waals surface area contributed by atoms with E-state index in [0.29, 0.717) is 0 Å². The van der Waals surface area contributed by atoms with Gasteiger partial charge in [-0.1, -0.05) is 30.5 Å². The van der Waals surface area contributed by atoms with Gasteiger partial charge in [0.1, 0.15) is 0 Å². The van der Waals surface area contributed by atoms with Gasteiger partial charge in [0.2, 0.25) is 0 Å². The van der Waals surface area contributed by atoms with Gasteiger partial charge in [-0.05, 0) is 58.9 Å². The van der Waals surface area contributed by atoms with Gasteiger partial charge in [-0.15, -0.1) is 0 Å². The van der Waals surface area contributed by atoms with Crippen LogP contribution in [0.2, 0.25) is 5.02 Å². The van der Waals surface area contributed by atoms with Gasteiger partial charge in [0.15, 0.2) is 0 Å². The molecule has 16 heavy (non-hydrogen) atoms. The fourth-order valence-corrected chi connectivity index (χ4v) is 2.35. The van der Waals surface area contributed by atoms with Crippen LogP contribution in [-0.4, -0.2) is 6.54 Å². The molecule has 1 aromatic rings. The molecule has 1 nitrogen and oxygen atoms in total. The Morgan fingerprint density at radius 3 is 2.88 bits per heavy atom. The lowest BCUT2D eigenvalue weighted by Crippen LogP contribution is -2.14. The topological polar surface area (TPSA) is 12.0 Å². The smallest absolute Gasteiger partial charge is 0.0548 e. The average molecular weight is 303 g/mol. The van der Waals surface area contributed by atoms with E-state index in [0.717, 1.165) is 28.5 Å². The minimum Gasteiger partial charge on any atom is -0.313 e. The van der Waals surface area contributed by atoms with Crippen molar-refractivity contribution in [2.75, 3.05) is 6.54 Å². The summed E-state index contributed by atoms with van der Waals surface area (Å²) in [7, 11) is 0. The van der Waals surface area contributed by atoms with Crippen molar-refractivity contribution in [2.24, 2.45) is 5.92 Å². The number of halogens is 2. The van der Waals surface area contributed by atoms with Crippen molar-refractivity contribution in [2.45, 2.75) is 32.2 Å². The predicted molar refractivity (Wildman–Crippen MR) is 72.8 cm³/mol. The second-order valence-corrected chi connectivity index (χ2v) is 5.77. The van der Waals surface area contributed by atoms with Crippen molar-refractivity contribution in [1.29, 1.82) is 0 Å². The van der Waals surface area contributed by atoms with Gasteiger partial charge in [0, 0.05) is 11.0 Å². The molecular formula is C13H17BrClN. The molecule has 2 rings (SSSR count). The Kier molecular flexibility index (Phi) is 4.68. The van der Waals surface area contributed by atoms with Crippen molar-refractivity contribution < 1.29 is 0 Å². The summed E-state index contributed by atoms with van der Waals surface area (Å²) in [6.45, 7) is 2.05. The van der Waals surface area contributed by atoms with E-state index in [2.05, 4.69) is 33.4 Å². The Hall–Kier alpha value is -0.0500. The molecule has 1 aliphatic carbocycles. The minimum absolute atomic E-state index is 0.775. The lowest BCUT2D eigenvalue weighted by atomic mass is 10.2. The maximum atomic E-state index is 5.94. The number of rotatable bonds is 6. The van der Waals surface area contributed by atoms with E-state index in [4.69, 9.17) is 11.6 Å². The maximum absolute atomic E-state index is 5.94. The molecule has 0 unspecified atom stereocenters. The molecule has 1 saturated carbocycles.